The number of ether oxygens (including phenoxy) is 6. The van der Waals surface area contributed by atoms with Crippen LogP contribution >= 0.6 is 23.2 Å². The predicted molar refractivity (Wildman–Crippen MR) is 502 cm³/mol. The van der Waals surface area contributed by atoms with Gasteiger partial charge in [0, 0.05) is 94.1 Å². The molecule has 0 aliphatic carbocycles. The molecule has 0 atom stereocenters. The first kappa shape index (κ1) is 95.9. The van der Waals surface area contributed by atoms with Gasteiger partial charge in [-0.2, -0.15) is 82.2 Å². The molecule has 44 heteroatoms. The molecule has 12 aromatic heterocycles. The van der Waals surface area contributed by atoms with Crippen LogP contribution in [0.2, 0.25) is 10.0 Å². The summed E-state index contributed by atoms with van der Waals surface area (Å²) in [4.78, 5) is 72.1. The zero-order valence-corrected chi connectivity index (χ0v) is 75.6. The van der Waals surface area contributed by atoms with Crippen molar-refractivity contribution in [1.82, 2.24) is 98.6 Å². The van der Waals surface area contributed by atoms with Gasteiger partial charge in [0.2, 0.25) is 23.5 Å². The molecule has 0 N–H and O–H groups in total. The van der Waals surface area contributed by atoms with Crippen molar-refractivity contribution >= 4 is 111 Å². The summed E-state index contributed by atoms with van der Waals surface area (Å²) in [5.41, 5.74) is 10.3. The van der Waals surface area contributed by atoms with Crippen LogP contribution in [0.4, 0.5) is 52.7 Å². The van der Waals surface area contributed by atoms with E-state index >= 15 is 0 Å². The van der Waals surface area contributed by atoms with Gasteiger partial charge in [-0.15, -0.1) is 0 Å². The lowest BCUT2D eigenvalue weighted by molar-refractivity contribution is -0.0505. The summed E-state index contributed by atoms with van der Waals surface area (Å²) in [5, 5.41) is 43.4. The molecule has 141 heavy (non-hydrogen) atoms. The molecule has 20 rings (SSSR count). The Morgan fingerprint density at radius 2 is 0.553 bits per heavy atom. The topological polar surface area (TPSA) is 326 Å². The summed E-state index contributed by atoms with van der Waals surface area (Å²) in [6, 6.07) is 59.1. The minimum Gasteiger partial charge on any atom is -0.472 e. The van der Waals surface area contributed by atoms with Crippen LogP contribution in [0.3, 0.4) is 0 Å². The first-order valence-electron chi connectivity index (χ1n) is 42.3. The highest BCUT2D eigenvalue weighted by atomic mass is 35.5. The standard InChI is InChI=1S/C25H19F4N5O3.2C24H18ClF2N5O2.C24H15F4N5O3/c1-13-17-11-15(5-8-18(17)31-33(13)2)34-24(35)22(14-3-6-16(7-4-14)37-25(28)29)23-19(32-34)9-10-21(30-23)36-12-20(26)27;2*1-13-17-11-16(7-8-18(17)29-31(13)2)32-24(33)22(14-3-5-15(25)6-4-14)23-19(30-32)9-10-21(28-23)34-12-20(26)27;25-19(26)12-35-20-8-7-18-22(30-20)21(13-1-4-16(5-2-13)36-24(27)28)23(34)33(32-18)15-3-6-17-14(11-15)9-10-29-31-17/h3-11,20,25H,12H2,1-2H3;2*3-11,20H,12H2,1-2H3;1-11,19,24H,12H2. The molecule has 0 fully saturated rings. The van der Waals surface area contributed by atoms with E-state index in [1.54, 1.807) is 129 Å². The Kier molecular flexibility index (Phi) is 27.8. The van der Waals surface area contributed by atoms with Crippen molar-refractivity contribution in [2.75, 3.05) is 26.4 Å². The number of rotatable bonds is 24. The van der Waals surface area contributed by atoms with E-state index in [0.29, 0.717) is 71.6 Å². The maximum Gasteiger partial charge on any atom is 0.387 e. The summed E-state index contributed by atoms with van der Waals surface area (Å²) < 4.78 is 191. The fourth-order valence-electron chi connectivity index (χ4n) is 15.2. The van der Waals surface area contributed by atoms with Gasteiger partial charge in [-0.3, -0.25) is 33.2 Å². The molecule has 0 unspecified atom stereocenters. The van der Waals surface area contributed by atoms with Gasteiger partial charge < -0.3 is 28.4 Å². The molecular formula is C97H70Cl2F12N20O10. The fourth-order valence-corrected chi connectivity index (χ4v) is 15.4. The van der Waals surface area contributed by atoms with Crippen LogP contribution in [0.1, 0.15) is 17.1 Å². The van der Waals surface area contributed by atoms with E-state index in [-0.39, 0.29) is 90.4 Å². The van der Waals surface area contributed by atoms with Crippen molar-refractivity contribution in [2.24, 2.45) is 21.1 Å². The second-order valence-corrected chi connectivity index (χ2v) is 31.9. The highest BCUT2D eigenvalue weighted by molar-refractivity contribution is 6.31. The Morgan fingerprint density at radius 1 is 0.298 bits per heavy atom. The van der Waals surface area contributed by atoms with E-state index < -0.39 is 87.6 Å². The SMILES string of the molecule is Cc1c2cc(-n3nc4ccc(OCC(F)F)nc4c(-c4ccc(Cl)cc4)c3=O)ccc2nn1C.Cc1c2cc(-n3nc4ccc(OCC(F)F)nc4c(-c4ccc(Cl)cc4)c3=O)ccc2nn1C.Cc1c2cc(-n3nc4ccc(OCC(F)F)nc4c(-c4ccc(OC(F)F)cc4)c3=O)ccc2nn1C.O=c1c(-c2ccc(OC(F)F)cc2)c2nc(OCC(F)F)ccc2nn1-c1ccc2nnccc2c1. The van der Waals surface area contributed by atoms with Crippen molar-refractivity contribution in [3.63, 3.8) is 0 Å². The lowest BCUT2D eigenvalue weighted by Gasteiger charge is -2.13. The van der Waals surface area contributed by atoms with Crippen LogP contribution in [0, 0.1) is 20.8 Å². The molecule has 0 saturated heterocycles. The number of benzene rings is 8. The Morgan fingerprint density at radius 3 is 0.823 bits per heavy atom. The smallest absolute Gasteiger partial charge is 0.387 e. The van der Waals surface area contributed by atoms with Gasteiger partial charge in [-0.05, 0) is 195 Å². The number of fused-ring (bicyclic) bond motifs is 8. The number of hydrogen-bond donors (Lipinski definition) is 0. The third-order valence-electron chi connectivity index (χ3n) is 22.0. The molecule has 0 aliphatic rings. The molecular weight excluding hydrogens is 1900 g/mol. The monoisotopic (exact) mass is 1970 g/mol. The average Bonchev–Trinajstić information content (AvgIpc) is 0.872. The van der Waals surface area contributed by atoms with E-state index in [9.17, 15) is 71.9 Å². The summed E-state index contributed by atoms with van der Waals surface area (Å²) in [6.45, 7) is -3.59. The Bertz CT molecular complexity index is 8170. The van der Waals surface area contributed by atoms with Gasteiger partial charge in [0.1, 0.15) is 55.6 Å². The highest BCUT2D eigenvalue weighted by Gasteiger charge is 2.27. The van der Waals surface area contributed by atoms with Gasteiger partial charge in [0.25, 0.3) is 47.9 Å². The zero-order valence-electron chi connectivity index (χ0n) is 74.1. The number of pyridine rings is 4. The molecule has 0 bridgehead atoms. The van der Waals surface area contributed by atoms with Crippen molar-refractivity contribution in [2.45, 2.75) is 59.7 Å². The molecule has 30 nitrogen and oxygen atoms in total. The molecule has 0 spiro atoms. The number of aromatic nitrogens is 20. The van der Waals surface area contributed by atoms with Gasteiger partial charge in [-0.25, -0.2) is 55.1 Å². The largest absolute Gasteiger partial charge is 0.472 e. The number of aryl methyl sites for hydroxylation is 6. The highest BCUT2D eigenvalue weighted by Crippen LogP contribution is 2.36. The molecule has 12 heterocycles. The second-order valence-electron chi connectivity index (χ2n) is 31.1. The third kappa shape index (κ3) is 20.9. The van der Waals surface area contributed by atoms with E-state index in [1.165, 1.54) is 110 Å². The van der Waals surface area contributed by atoms with Crippen LogP contribution < -0.4 is 50.7 Å². The van der Waals surface area contributed by atoms with Crippen molar-refractivity contribution in [3.05, 3.63) is 299 Å². The predicted octanol–water partition coefficient (Wildman–Crippen LogP) is 19.4. The maximum atomic E-state index is 13.8. The molecule has 0 radical (unpaired) electrons. The van der Waals surface area contributed by atoms with Crippen molar-refractivity contribution in [1.29, 1.82) is 0 Å². The minimum absolute atomic E-state index is 0.0191. The Balaban J connectivity index is 0.000000130. The molecule has 0 saturated carbocycles. The lowest BCUT2D eigenvalue weighted by atomic mass is 10.1. The maximum absolute atomic E-state index is 13.8. The van der Waals surface area contributed by atoms with Crippen LogP contribution in [0.15, 0.2) is 250 Å². The Labute approximate surface area is 795 Å². The number of nitrogens with zero attached hydrogens (tertiary/aromatic N) is 20. The first-order valence-corrected chi connectivity index (χ1v) is 43.0. The van der Waals surface area contributed by atoms with E-state index in [1.807, 2.05) is 66.2 Å². The minimum atomic E-state index is -3.01. The summed E-state index contributed by atoms with van der Waals surface area (Å²) in [7, 11) is 5.52. The molecule has 0 amide bonds. The average molecular weight is 1970 g/mol. The van der Waals surface area contributed by atoms with Crippen molar-refractivity contribution in [3.8, 4) is 102 Å². The number of halogens is 14. The van der Waals surface area contributed by atoms with Crippen LogP contribution in [0.5, 0.6) is 35.0 Å². The van der Waals surface area contributed by atoms with E-state index in [4.69, 9.17) is 42.1 Å². The summed E-state index contributed by atoms with van der Waals surface area (Å²) in [6.07, 6.45) is -9.21. The zero-order chi connectivity index (χ0) is 99.5. The van der Waals surface area contributed by atoms with Gasteiger partial charge >= 0.3 is 13.2 Å². The van der Waals surface area contributed by atoms with Gasteiger partial charge in [0.15, 0.2) is 26.4 Å². The summed E-state index contributed by atoms with van der Waals surface area (Å²) >= 11 is 12.1. The fraction of sp³-hybridized carbons (Fsp3) is 0.165. The number of alkyl halides is 12. The number of hydrogen-bond acceptors (Lipinski definition) is 23. The quantitative estimate of drug-likeness (QED) is 0.0507. The van der Waals surface area contributed by atoms with Gasteiger partial charge in [-0.1, -0.05) is 71.7 Å². The lowest BCUT2D eigenvalue weighted by Crippen LogP contribution is -2.23. The van der Waals surface area contributed by atoms with Crippen LogP contribution in [-0.4, -0.2) is 164 Å². The van der Waals surface area contributed by atoms with Crippen LogP contribution in [0.25, 0.3) is 155 Å². The van der Waals surface area contributed by atoms with Gasteiger partial charge in [0.05, 0.1) is 73.3 Å². The summed E-state index contributed by atoms with van der Waals surface area (Å²) in [5.74, 6) is -0.465. The van der Waals surface area contributed by atoms with E-state index in [2.05, 4.69) is 75.3 Å². The Hall–Kier alpha value is -16.8. The normalized spacial score (nSPS) is 11.6. The first-order chi connectivity index (χ1) is 67.7. The molecule has 8 aromatic carbocycles. The second kappa shape index (κ2) is 40.9. The van der Waals surface area contributed by atoms with Crippen LogP contribution in [-0.2, 0) is 21.1 Å². The van der Waals surface area contributed by atoms with E-state index in [0.717, 1.165) is 55.2 Å². The molecule has 716 valence electrons. The molecule has 20 aromatic rings. The molecule has 0 aliphatic heterocycles. The third-order valence-corrected chi connectivity index (χ3v) is 22.5. The van der Waals surface area contributed by atoms with Crippen molar-refractivity contribution < 1.29 is 81.1 Å².